The lowest BCUT2D eigenvalue weighted by Crippen LogP contribution is -2.36. The number of hydrogen-bond acceptors (Lipinski definition) is 11. The summed E-state index contributed by atoms with van der Waals surface area (Å²) in [6.07, 6.45) is 2.79. The van der Waals surface area contributed by atoms with Gasteiger partial charge in [-0.15, -0.1) is 0 Å². The minimum atomic E-state index is -3.10. The average molecular weight is 797 g/mol. The topological polar surface area (TPSA) is 150 Å². The fraction of sp³-hybridized carbons (Fsp3) is 0.294. The van der Waals surface area contributed by atoms with Gasteiger partial charge in [0.2, 0.25) is 11.4 Å². The molecule has 51 heavy (non-hydrogen) atoms. The van der Waals surface area contributed by atoms with Crippen molar-refractivity contribution in [2.24, 2.45) is 0 Å². The number of aromatic nitrogens is 2. The second-order valence-corrected chi connectivity index (χ2v) is 19.0. The van der Waals surface area contributed by atoms with E-state index in [9.17, 15) is 14.4 Å². The van der Waals surface area contributed by atoms with Gasteiger partial charge in [-0.25, -0.2) is 15.2 Å². The maximum absolute atomic E-state index is 12.1. The lowest BCUT2D eigenvalue weighted by molar-refractivity contribution is -0.149. The third-order valence-corrected chi connectivity index (χ3v) is 10.1. The Kier molecular flexibility index (Phi) is 19.1. The summed E-state index contributed by atoms with van der Waals surface area (Å²) < 4.78 is 27.4. The van der Waals surface area contributed by atoms with Crippen molar-refractivity contribution in [3.63, 3.8) is 0 Å². The van der Waals surface area contributed by atoms with Crippen LogP contribution < -0.4 is 29.3 Å². The van der Waals surface area contributed by atoms with Crippen molar-refractivity contribution in [2.75, 3.05) is 0 Å². The van der Waals surface area contributed by atoms with E-state index in [0.717, 1.165) is 0 Å². The summed E-state index contributed by atoms with van der Waals surface area (Å²) in [5, 5.41) is 5.77. The predicted octanol–water partition coefficient (Wildman–Crippen LogP) is 7.53. The Bertz CT molecular complexity index is 1710. The molecule has 0 radical (unpaired) electrons. The molecule has 0 spiro atoms. The Morgan fingerprint density at radius 3 is 1.61 bits per heavy atom. The molecule has 4 atom stereocenters. The fourth-order valence-corrected chi connectivity index (χ4v) is 8.34. The van der Waals surface area contributed by atoms with Crippen molar-refractivity contribution < 1.29 is 32.6 Å². The van der Waals surface area contributed by atoms with Crippen molar-refractivity contribution in [2.45, 2.75) is 65.8 Å². The Morgan fingerprint density at radius 1 is 0.686 bits per heavy atom. The predicted molar refractivity (Wildman–Crippen MR) is 208 cm³/mol. The van der Waals surface area contributed by atoms with Crippen LogP contribution >= 0.6 is 23.7 Å². The number of esters is 2. The highest BCUT2D eigenvalue weighted by atomic mass is 35.7. The number of nitrogens with one attached hydrogen (secondary N) is 3. The first kappa shape index (κ1) is 43.6. The van der Waals surface area contributed by atoms with Gasteiger partial charge in [0.15, 0.2) is 0 Å². The summed E-state index contributed by atoms with van der Waals surface area (Å²) in [6, 6.07) is 26.9. The molecule has 0 aliphatic rings. The maximum Gasteiger partial charge on any atom is 0.367 e. The molecule has 0 fully saturated rings. The van der Waals surface area contributed by atoms with Crippen LogP contribution in [0.15, 0.2) is 114 Å². The highest BCUT2D eigenvalue weighted by Gasteiger charge is 2.30. The highest BCUT2D eigenvalue weighted by Crippen LogP contribution is 2.49. The molecule has 0 aliphatic heterocycles. The molecular formula is C34H43ClN4O8P2S2. The van der Waals surface area contributed by atoms with Crippen LogP contribution in [-0.4, -0.2) is 46.2 Å². The zero-order valence-electron chi connectivity index (χ0n) is 29.0. The number of para-hydroxylation sites is 2. The number of carbonyl (C=O) groups excluding carboxylic acids is 2. The van der Waals surface area contributed by atoms with Gasteiger partial charge in [0.1, 0.15) is 23.6 Å². The number of pyridine rings is 2. The fourth-order valence-electron chi connectivity index (χ4n) is 3.48. The van der Waals surface area contributed by atoms with E-state index in [1.54, 1.807) is 109 Å². The number of ether oxygens (including phenoxy) is 2. The SMILES string of the molecule is CC(C)OC(=O)[C@H](C)NP(=S)(Cl)Oc1ccccc1.CC(C)OC(=O)[C@H](C)NP(=S)(Oc1ccccc1)Oc1ccccn1.O=c1cccc[nH]1. The van der Waals surface area contributed by atoms with Gasteiger partial charge in [0, 0.05) is 36.3 Å². The van der Waals surface area contributed by atoms with Gasteiger partial charge in [0.25, 0.3) is 5.77 Å². The second-order valence-electron chi connectivity index (χ2n) is 10.9. The van der Waals surface area contributed by atoms with Gasteiger partial charge in [0.05, 0.1) is 12.2 Å². The van der Waals surface area contributed by atoms with Crippen molar-refractivity contribution in [1.82, 2.24) is 20.1 Å². The molecule has 2 aromatic carbocycles. The van der Waals surface area contributed by atoms with E-state index in [0.29, 0.717) is 17.4 Å². The van der Waals surface area contributed by atoms with Crippen LogP contribution in [0.25, 0.3) is 0 Å². The smallest absolute Gasteiger partial charge is 0.367 e. The van der Waals surface area contributed by atoms with Crippen LogP contribution in [0.2, 0.25) is 0 Å². The normalized spacial score (nSPS) is 14.1. The van der Waals surface area contributed by atoms with Crippen LogP contribution in [0.3, 0.4) is 0 Å². The molecule has 276 valence electrons. The monoisotopic (exact) mass is 796 g/mol. The van der Waals surface area contributed by atoms with Crippen LogP contribution in [0.4, 0.5) is 0 Å². The van der Waals surface area contributed by atoms with Crippen molar-refractivity contribution >= 4 is 59.2 Å². The van der Waals surface area contributed by atoms with E-state index >= 15 is 0 Å². The van der Waals surface area contributed by atoms with Gasteiger partial charge in [-0.2, -0.15) is 0 Å². The van der Waals surface area contributed by atoms with Crippen LogP contribution in [0, 0.1) is 0 Å². The number of H-pyrrole nitrogens is 1. The molecule has 0 bridgehead atoms. The van der Waals surface area contributed by atoms with E-state index in [1.165, 1.54) is 6.07 Å². The van der Waals surface area contributed by atoms with Crippen LogP contribution in [0.5, 0.6) is 17.4 Å². The summed E-state index contributed by atoms with van der Waals surface area (Å²) in [5.41, 5.74) is -0.0532. The average Bonchev–Trinajstić information content (AvgIpc) is 3.06. The number of nitrogens with zero attached hydrogens (tertiary/aromatic N) is 1. The molecule has 0 saturated heterocycles. The van der Waals surface area contributed by atoms with Gasteiger partial charge in [-0.1, -0.05) is 48.5 Å². The number of halogens is 1. The zero-order valence-corrected chi connectivity index (χ0v) is 33.2. The molecule has 12 nitrogen and oxygen atoms in total. The molecule has 0 aliphatic carbocycles. The number of hydrogen-bond donors (Lipinski definition) is 3. The Balaban J connectivity index is 0.000000304. The molecular weight excluding hydrogens is 754 g/mol. The largest absolute Gasteiger partial charge is 0.462 e. The first-order valence-corrected chi connectivity index (χ1v) is 21.9. The molecule has 2 unspecified atom stereocenters. The van der Waals surface area contributed by atoms with E-state index in [-0.39, 0.29) is 17.8 Å². The Hall–Kier alpha value is -3.61. The second kappa shape index (κ2) is 22.4. The molecule has 0 amide bonds. The summed E-state index contributed by atoms with van der Waals surface area (Å²) in [6.45, 7) is 7.33. The number of rotatable bonds is 14. The minimum Gasteiger partial charge on any atom is -0.462 e. The zero-order chi connectivity index (χ0) is 37.9. The number of aromatic amines is 1. The molecule has 4 aromatic rings. The summed E-state index contributed by atoms with van der Waals surface area (Å²) in [4.78, 5) is 40.6. The van der Waals surface area contributed by atoms with E-state index in [1.807, 2.05) is 36.4 Å². The Labute approximate surface area is 313 Å². The van der Waals surface area contributed by atoms with Gasteiger partial charge in [-0.05, 0) is 101 Å². The summed E-state index contributed by atoms with van der Waals surface area (Å²) >= 11 is 16.9. The standard InChI is InChI=1S/C17H21N2O4PS.C12H17ClNO3PS.C5H5NO/c1-13(2)21-17(20)14(3)19-24(25,22-15-9-5-4-6-10-15)23-16-11-7-8-12-18-16;1-9(2)16-12(15)10(3)14-18(13,19)17-11-7-5-4-6-8-11;7-5-3-1-2-4-6-5/h4-14H,1-3H3,(H,19,25);4-10H,1-3H3,(H,14,19);1-4H,(H,6,7)/t14-,24?;10-,18?;/m00./s1. The van der Waals surface area contributed by atoms with Gasteiger partial charge < -0.3 is 28.0 Å². The quantitative estimate of drug-likeness (QED) is 0.0854. The van der Waals surface area contributed by atoms with Crippen molar-refractivity contribution in [1.29, 1.82) is 0 Å². The first-order valence-electron chi connectivity index (χ1n) is 15.7. The third-order valence-electron chi connectivity index (χ3n) is 5.58. The first-order chi connectivity index (χ1) is 24.1. The molecule has 4 rings (SSSR count). The molecule has 17 heteroatoms. The number of benzene rings is 2. The highest BCUT2D eigenvalue weighted by molar-refractivity contribution is 8.23. The van der Waals surface area contributed by atoms with E-state index in [4.69, 9.17) is 57.9 Å². The lowest BCUT2D eigenvalue weighted by Gasteiger charge is -2.26. The third kappa shape index (κ3) is 19.0. The summed E-state index contributed by atoms with van der Waals surface area (Å²) in [5.74, 6) is -2.21. The number of carbonyl (C=O) groups is 2. The molecule has 2 aromatic heterocycles. The molecule has 3 N–H and O–H groups in total. The lowest BCUT2D eigenvalue weighted by atomic mass is 10.3. The summed E-state index contributed by atoms with van der Waals surface area (Å²) in [7, 11) is 0. The van der Waals surface area contributed by atoms with Crippen molar-refractivity contribution in [3.05, 3.63) is 120 Å². The van der Waals surface area contributed by atoms with Gasteiger partial charge in [-0.3, -0.25) is 14.4 Å². The molecule has 0 saturated carbocycles. The van der Waals surface area contributed by atoms with Crippen LogP contribution in [-0.2, 0) is 42.7 Å². The van der Waals surface area contributed by atoms with Crippen LogP contribution in [0.1, 0.15) is 41.5 Å². The minimum absolute atomic E-state index is 0.0532. The van der Waals surface area contributed by atoms with Crippen molar-refractivity contribution in [3.8, 4) is 17.4 Å². The van der Waals surface area contributed by atoms with E-state index in [2.05, 4.69) is 20.1 Å². The maximum atomic E-state index is 12.1. The van der Waals surface area contributed by atoms with Gasteiger partial charge >= 0.3 is 18.6 Å². The Morgan fingerprint density at radius 2 is 1.18 bits per heavy atom. The molecule has 2 heterocycles. The van der Waals surface area contributed by atoms with E-state index < -0.39 is 36.4 Å².